The summed E-state index contributed by atoms with van der Waals surface area (Å²) in [6.45, 7) is 5.80. The van der Waals surface area contributed by atoms with Gasteiger partial charge in [0, 0.05) is 17.3 Å². The number of benzene rings is 2. The summed E-state index contributed by atoms with van der Waals surface area (Å²) in [6.07, 6.45) is 1.36. The Hall–Kier alpha value is -3.59. The molecule has 32 heavy (non-hydrogen) atoms. The Balaban J connectivity index is 2.00. The van der Waals surface area contributed by atoms with E-state index in [-0.39, 0.29) is 12.5 Å². The van der Waals surface area contributed by atoms with Crippen molar-refractivity contribution in [2.45, 2.75) is 20.8 Å². The number of nitrogens with one attached hydrogen (secondary N) is 3. The van der Waals surface area contributed by atoms with Crippen molar-refractivity contribution in [2.24, 2.45) is 5.10 Å². The van der Waals surface area contributed by atoms with Crippen LogP contribution in [0.15, 0.2) is 41.5 Å². The lowest BCUT2D eigenvalue weighted by Crippen LogP contribution is -2.37. The van der Waals surface area contributed by atoms with Gasteiger partial charge in [0.2, 0.25) is 0 Å². The fourth-order valence-corrected chi connectivity index (χ4v) is 2.70. The van der Waals surface area contributed by atoms with E-state index in [1.54, 1.807) is 43.3 Å². The Kier molecular flexibility index (Phi) is 9.49. The van der Waals surface area contributed by atoms with Crippen molar-refractivity contribution in [3.05, 3.63) is 52.5 Å². The van der Waals surface area contributed by atoms with Crippen LogP contribution < -0.4 is 25.5 Å². The molecule has 9 nitrogen and oxygen atoms in total. The third-order valence-electron chi connectivity index (χ3n) is 4.09. The monoisotopic (exact) mass is 460 g/mol. The lowest BCUT2D eigenvalue weighted by atomic mass is 10.2. The minimum Gasteiger partial charge on any atom is -0.490 e. The molecule has 0 saturated heterocycles. The average molecular weight is 461 g/mol. The highest BCUT2D eigenvalue weighted by Gasteiger charge is 2.12. The highest BCUT2D eigenvalue weighted by Crippen LogP contribution is 2.28. The van der Waals surface area contributed by atoms with Crippen molar-refractivity contribution in [2.75, 3.05) is 25.1 Å². The molecule has 0 fully saturated rings. The smallest absolute Gasteiger partial charge is 0.329 e. The summed E-state index contributed by atoms with van der Waals surface area (Å²) >= 11 is 6.07. The maximum absolute atomic E-state index is 12.3. The molecule has 0 aliphatic carbocycles. The van der Waals surface area contributed by atoms with Crippen LogP contribution in [-0.2, 0) is 14.4 Å². The Labute approximate surface area is 191 Å². The van der Waals surface area contributed by atoms with Gasteiger partial charge in [0.05, 0.1) is 12.8 Å². The number of likely N-dealkylation sites (N-methyl/N-ethyl adjacent to an activating group) is 1. The van der Waals surface area contributed by atoms with Crippen molar-refractivity contribution in [1.29, 1.82) is 0 Å². The number of anilines is 1. The van der Waals surface area contributed by atoms with Crippen LogP contribution in [0.4, 0.5) is 5.69 Å². The molecular weight excluding hydrogens is 436 g/mol. The van der Waals surface area contributed by atoms with E-state index in [1.165, 1.54) is 6.21 Å². The molecule has 0 aromatic heterocycles. The summed E-state index contributed by atoms with van der Waals surface area (Å²) < 4.78 is 11.2. The minimum absolute atomic E-state index is 0.234. The molecule has 2 rings (SSSR count). The van der Waals surface area contributed by atoms with Gasteiger partial charge in [-0.2, -0.15) is 5.10 Å². The van der Waals surface area contributed by atoms with Crippen molar-refractivity contribution in [1.82, 2.24) is 10.7 Å². The first kappa shape index (κ1) is 24.7. The summed E-state index contributed by atoms with van der Waals surface area (Å²) in [6, 6.07) is 10.2. The molecule has 10 heteroatoms. The number of hydrazone groups is 1. The van der Waals surface area contributed by atoms with Crippen molar-refractivity contribution in [3.8, 4) is 11.5 Å². The van der Waals surface area contributed by atoms with Gasteiger partial charge in [0.25, 0.3) is 5.91 Å². The first-order valence-electron chi connectivity index (χ1n) is 9.91. The Morgan fingerprint density at radius 2 is 1.84 bits per heavy atom. The minimum atomic E-state index is -0.867. The second kappa shape index (κ2) is 12.3. The third-order valence-corrected chi connectivity index (χ3v) is 4.50. The summed E-state index contributed by atoms with van der Waals surface area (Å²) in [7, 11) is 0. The van der Waals surface area contributed by atoms with E-state index in [9.17, 15) is 14.4 Å². The summed E-state index contributed by atoms with van der Waals surface area (Å²) in [4.78, 5) is 35.2. The van der Waals surface area contributed by atoms with Gasteiger partial charge in [-0.15, -0.1) is 0 Å². The van der Waals surface area contributed by atoms with Gasteiger partial charge < -0.3 is 20.1 Å². The topological polar surface area (TPSA) is 118 Å². The van der Waals surface area contributed by atoms with Gasteiger partial charge in [-0.1, -0.05) is 17.7 Å². The fraction of sp³-hybridized carbons (Fsp3) is 0.273. The number of halogens is 1. The van der Waals surface area contributed by atoms with E-state index >= 15 is 0 Å². The van der Waals surface area contributed by atoms with Gasteiger partial charge in [0.1, 0.15) is 0 Å². The van der Waals surface area contributed by atoms with E-state index in [1.807, 2.05) is 13.8 Å². The molecule has 0 atom stereocenters. The van der Waals surface area contributed by atoms with E-state index in [0.717, 1.165) is 5.56 Å². The normalized spacial score (nSPS) is 10.5. The Morgan fingerprint density at radius 1 is 1.06 bits per heavy atom. The van der Waals surface area contributed by atoms with Crippen LogP contribution in [0.2, 0.25) is 5.02 Å². The van der Waals surface area contributed by atoms with Crippen molar-refractivity contribution in [3.63, 3.8) is 0 Å². The number of amides is 3. The second-order valence-electron chi connectivity index (χ2n) is 6.45. The van der Waals surface area contributed by atoms with Crippen LogP contribution in [0.1, 0.15) is 25.0 Å². The van der Waals surface area contributed by atoms with Gasteiger partial charge in [-0.25, -0.2) is 5.43 Å². The van der Waals surface area contributed by atoms with Crippen molar-refractivity contribution >= 4 is 41.2 Å². The van der Waals surface area contributed by atoms with Gasteiger partial charge in [0.15, 0.2) is 18.1 Å². The van der Waals surface area contributed by atoms with Gasteiger partial charge in [-0.3, -0.25) is 14.4 Å². The largest absolute Gasteiger partial charge is 0.490 e. The molecule has 3 amide bonds. The molecule has 0 spiro atoms. The van der Waals surface area contributed by atoms with Crippen LogP contribution in [0, 0.1) is 6.92 Å². The number of rotatable bonds is 9. The van der Waals surface area contributed by atoms with Crippen molar-refractivity contribution < 1.29 is 23.9 Å². The van der Waals surface area contributed by atoms with Crippen LogP contribution in [0.3, 0.4) is 0 Å². The molecule has 0 radical (unpaired) electrons. The molecule has 0 saturated carbocycles. The molecule has 0 unspecified atom stereocenters. The van der Waals surface area contributed by atoms with E-state index in [2.05, 4.69) is 21.2 Å². The molecule has 2 aromatic carbocycles. The number of carbonyl (C=O) groups is 3. The number of ether oxygens (including phenoxy) is 2. The molecule has 0 heterocycles. The van der Waals surface area contributed by atoms with Crippen LogP contribution >= 0.6 is 11.6 Å². The van der Waals surface area contributed by atoms with Crippen LogP contribution in [0.5, 0.6) is 11.5 Å². The van der Waals surface area contributed by atoms with E-state index < -0.39 is 11.8 Å². The van der Waals surface area contributed by atoms with E-state index in [0.29, 0.717) is 40.9 Å². The Bertz CT molecular complexity index is 1010. The van der Waals surface area contributed by atoms with E-state index in [4.69, 9.17) is 21.1 Å². The zero-order valence-corrected chi connectivity index (χ0v) is 18.8. The zero-order chi connectivity index (χ0) is 23.5. The number of hydrogen-bond donors (Lipinski definition) is 3. The molecule has 2 aromatic rings. The average Bonchev–Trinajstić information content (AvgIpc) is 2.76. The third kappa shape index (κ3) is 7.28. The molecule has 0 aliphatic rings. The standard InChI is InChI=1S/C22H25ClN4O5/c1-4-24-21(29)22(30)27-25-12-15-9-10-18(19(11-15)31-5-2)32-13-20(28)26-17-8-6-7-16(23)14(17)3/h6-12H,4-5,13H2,1-3H3,(H,24,29)(H,26,28)(H,27,30)/b25-12-. The highest BCUT2D eigenvalue weighted by molar-refractivity contribution is 6.35. The number of hydrogen-bond acceptors (Lipinski definition) is 6. The first-order chi connectivity index (χ1) is 15.3. The molecule has 3 N–H and O–H groups in total. The quantitative estimate of drug-likeness (QED) is 0.302. The molecule has 170 valence electrons. The zero-order valence-electron chi connectivity index (χ0n) is 18.0. The molecule has 0 aliphatic heterocycles. The summed E-state index contributed by atoms with van der Waals surface area (Å²) in [5.74, 6) is -1.22. The lowest BCUT2D eigenvalue weighted by Gasteiger charge is -2.13. The molecule has 0 bridgehead atoms. The predicted octanol–water partition coefficient (Wildman–Crippen LogP) is 2.65. The number of nitrogens with zero attached hydrogens (tertiary/aromatic N) is 1. The maximum Gasteiger partial charge on any atom is 0.329 e. The number of carbonyl (C=O) groups excluding carboxylic acids is 3. The predicted molar refractivity (Wildman–Crippen MR) is 122 cm³/mol. The van der Waals surface area contributed by atoms with Gasteiger partial charge >= 0.3 is 11.8 Å². The summed E-state index contributed by atoms with van der Waals surface area (Å²) in [5.41, 5.74) is 4.10. The van der Waals surface area contributed by atoms with Crippen LogP contribution in [-0.4, -0.2) is 43.7 Å². The second-order valence-corrected chi connectivity index (χ2v) is 6.85. The van der Waals surface area contributed by atoms with Crippen LogP contribution in [0.25, 0.3) is 0 Å². The fourth-order valence-electron chi connectivity index (χ4n) is 2.52. The lowest BCUT2D eigenvalue weighted by molar-refractivity contribution is -0.139. The maximum atomic E-state index is 12.3. The highest BCUT2D eigenvalue weighted by atomic mass is 35.5. The molecular formula is C22H25ClN4O5. The van der Waals surface area contributed by atoms with Gasteiger partial charge in [-0.05, 0) is 62.2 Å². The summed E-state index contributed by atoms with van der Waals surface area (Å²) in [5, 5.41) is 9.44. The SMILES string of the molecule is CCNC(=O)C(=O)N/N=C\c1ccc(OCC(=O)Nc2cccc(Cl)c2C)c(OCC)c1. The Morgan fingerprint density at radius 3 is 2.56 bits per heavy atom. The first-order valence-corrected chi connectivity index (χ1v) is 10.3.